The van der Waals surface area contributed by atoms with E-state index in [1.807, 2.05) is 6.92 Å². The molecule has 0 atom stereocenters. The molecule has 0 bridgehead atoms. The topological polar surface area (TPSA) is 52.0 Å². The normalized spacial score (nSPS) is 10.8. The largest absolute Gasteiger partial charge is 0.441 e. The van der Waals surface area contributed by atoms with Crippen LogP contribution in [0.2, 0.25) is 5.02 Å². The summed E-state index contributed by atoms with van der Waals surface area (Å²) in [5.41, 5.74) is 8.14. The Morgan fingerprint density at radius 2 is 2.22 bits per heavy atom. The molecule has 3 nitrogen and oxygen atoms in total. The van der Waals surface area contributed by atoms with Crippen LogP contribution in [0.15, 0.2) is 22.6 Å². The van der Waals surface area contributed by atoms with E-state index in [9.17, 15) is 0 Å². The Labute approximate surface area is 116 Å². The SMILES string of the molecule is CSCCc1nc(-c2cc(N)ccc2Cl)oc1C. The maximum atomic E-state index is 6.14. The first-order valence-electron chi connectivity index (χ1n) is 5.62. The number of nitrogen functional groups attached to an aromatic ring is 1. The highest BCUT2D eigenvalue weighted by Gasteiger charge is 2.14. The smallest absolute Gasteiger partial charge is 0.228 e. The number of halogens is 1. The molecule has 0 aliphatic heterocycles. The Morgan fingerprint density at radius 1 is 1.44 bits per heavy atom. The van der Waals surface area contributed by atoms with Crippen LogP contribution in [-0.4, -0.2) is 17.0 Å². The summed E-state index contributed by atoms with van der Waals surface area (Å²) < 4.78 is 5.67. The van der Waals surface area contributed by atoms with Crippen molar-refractivity contribution in [3.8, 4) is 11.5 Å². The Morgan fingerprint density at radius 3 is 2.94 bits per heavy atom. The number of anilines is 1. The molecule has 18 heavy (non-hydrogen) atoms. The number of oxazole rings is 1. The molecule has 0 unspecified atom stereocenters. The van der Waals surface area contributed by atoms with E-state index in [1.165, 1.54) is 0 Å². The molecule has 0 amide bonds. The molecule has 0 saturated heterocycles. The molecule has 1 aromatic carbocycles. The quantitative estimate of drug-likeness (QED) is 0.867. The molecule has 5 heteroatoms. The zero-order valence-corrected chi connectivity index (χ0v) is 11.9. The van der Waals surface area contributed by atoms with Crippen LogP contribution in [0.4, 0.5) is 5.69 Å². The number of thioether (sulfide) groups is 1. The monoisotopic (exact) mass is 282 g/mol. The second-order valence-electron chi connectivity index (χ2n) is 4.00. The third-order valence-corrected chi connectivity index (χ3v) is 3.60. The molecule has 0 radical (unpaired) electrons. The zero-order valence-electron chi connectivity index (χ0n) is 10.4. The van der Waals surface area contributed by atoms with Gasteiger partial charge in [0.15, 0.2) is 0 Å². The summed E-state index contributed by atoms with van der Waals surface area (Å²) in [6.45, 7) is 1.92. The molecule has 0 aliphatic carbocycles. The number of rotatable bonds is 4. The van der Waals surface area contributed by atoms with Crippen LogP contribution in [0.1, 0.15) is 11.5 Å². The van der Waals surface area contributed by atoms with Crippen LogP contribution in [0.3, 0.4) is 0 Å². The van der Waals surface area contributed by atoms with Gasteiger partial charge in [0.25, 0.3) is 0 Å². The van der Waals surface area contributed by atoms with Crippen LogP contribution in [-0.2, 0) is 6.42 Å². The molecule has 0 saturated carbocycles. The fourth-order valence-corrected chi connectivity index (χ4v) is 2.28. The Hall–Kier alpha value is -1.13. The van der Waals surface area contributed by atoms with Crippen LogP contribution in [0.25, 0.3) is 11.5 Å². The number of nitrogens with two attached hydrogens (primary N) is 1. The van der Waals surface area contributed by atoms with Crippen molar-refractivity contribution in [1.29, 1.82) is 0 Å². The van der Waals surface area contributed by atoms with Crippen molar-refractivity contribution >= 4 is 29.1 Å². The average molecular weight is 283 g/mol. The zero-order chi connectivity index (χ0) is 13.1. The maximum absolute atomic E-state index is 6.14. The summed E-state index contributed by atoms with van der Waals surface area (Å²) in [4.78, 5) is 4.50. The fourth-order valence-electron chi connectivity index (χ4n) is 1.68. The van der Waals surface area contributed by atoms with E-state index in [1.54, 1.807) is 30.0 Å². The van der Waals surface area contributed by atoms with Crippen LogP contribution in [0, 0.1) is 6.92 Å². The van der Waals surface area contributed by atoms with Crippen LogP contribution >= 0.6 is 23.4 Å². The molecule has 0 fully saturated rings. The molecule has 1 heterocycles. The van der Waals surface area contributed by atoms with Gasteiger partial charge in [0.05, 0.1) is 16.3 Å². The average Bonchev–Trinajstić information content (AvgIpc) is 2.71. The summed E-state index contributed by atoms with van der Waals surface area (Å²) in [5.74, 6) is 2.41. The minimum atomic E-state index is 0.543. The summed E-state index contributed by atoms with van der Waals surface area (Å²) in [6.07, 6.45) is 2.97. The molecular formula is C13H15ClN2OS. The lowest BCUT2D eigenvalue weighted by molar-refractivity contribution is 0.540. The van der Waals surface area contributed by atoms with Crippen molar-refractivity contribution in [3.05, 3.63) is 34.7 Å². The van der Waals surface area contributed by atoms with Gasteiger partial charge in [-0.3, -0.25) is 0 Å². The van der Waals surface area contributed by atoms with Crippen molar-refractivity contribution in [2.24, 2.45) is 0 Å². The Balaban J connectivity index is 2.36. The van der Waals surface area contributed by atoms with E-state index >= 15 is 0 Å². The Kier molecular flexibility index (Phi) is 4.19. The highest BCUT2D eigenvalue weighted by molar-refractivity contribution is 7.98. The first-order chi connectivity index (χ1) is 8.61. The first-order valence-corrected chi connectivity index (χ1v) is 7.39. The predicted molar refractivity (Wildman–Crippen MR) is 78.2 cm³/mol. The summed E-state index contributed by atoms with van der Waals surface area (Å²) in [6, 6.07) is 5.30. The molecule has 0 spiro atoms. The van der Waals surface area contributed by atoms with E-state index in [0.29, 0.717) is 16.6 Å². The lowest BCUT2D eigenvalue weighted by Crippen LogP contribution is -1.91. The predicted octanol–water partition coefficient (Wildman–Crippen LogP) is 3.79. The molecule has 2 aromatic rings. The van der Waals surface area contributed by atoms with Crippen molar-refractivity contribution in [2.75, 3.05) is 17.7 Å². The lowest BCUT2D eigenvalue weighted by Gasteiger charge is -2.00. The second kappa shape index (κ2) is 5.67. The summed E-state index contributed by atoms with van der Waals surface area (Å²) in [7, 11) is 0. The first kappa shape index (κ1) is 13.3. The molecule has 0 aliphatic rings. The number of aryl methyl sites for hydroxylation is 2. The van der Waals surface area contributed by atoms with Gasteiger partial charge in [-0.2, -0.15) is 11.8 Å². The molecule has 96 valence electrons. The van der Waals surface area contributed by atoms with E-state index < -0.39 is 0 Å². The number of benzene rings is 1. The van der Waals surface area contributed by atoms with Gasteiger partial charge < -0.3 is 10.2 Å². The van der Waals surface area contributed by atoms with Gasteiger partial charge in [0, 0.05) is 12.1 Å². The lowest BCUT2D eigenvalue weighted by atomic mass is 10.2. The highest BCUT2D eigenvalue weighted by atomic mass is 35.5. The van der Waals surface area contributed by atoms with Crippen LogP contribution in [0.5, 0.6) is 0 Å². The van der Waals surface area contributed by atoms with Gasteiger partial charge >= 0.3 is 0 Å². The van der Waals surface area contributed by atoms with E-state index in [0.717, 1.165) is 29.2 Å². The number of hydrogen-bond acceptors (Lipinski definition) is 4. The summed E-state index contributed by atoms with van der Waals surface area (Å²) in [5, 5.41) is 0.599. The minimum Gasteiger partial charge on any atom is -0.441 e. The standard InChI is InChI=1S/C13H15ClN2OS/c1-8-12(5-6-18-2)16-13(17-8)10-7-9(15)3-4-11(10)14/h3-4,7H,5-6,15H2,1-2H3. The van der Waals surface area contributed by atoms with Crippen molar-refractivity contribution < 1.29 is 4.42 Å². The second-order valence-corrected chi connectivity index (χ2v) is 5.40. The Bertz CT molecular complexity index is 554. The highest BCUT2D eigenvalue weighted by Crippen LogP contribution is 2.30. The number of aromatic nitrogens is 1. The van der Waals surface area contributed by atoms with Gasteiger partial charge in [-0.25, -0.2) is 4.98 Å². The number of hydrogen-bond donors (Lipinski definition) is 1. The van der Waals surface area contributed by atoms with E-state index in [2.05, 4.69) is 11.2 Å². The molecule has 2 N–H and O–H groups in total. The summed E-state index contributed by atoms with van der Waals surface area (Å²) >= 11 is 7.93. The number of nitrogens with zero attached hydrogens (tertiary/aromatic N) is 1. The van der Waals surface area contributed by atoms with Crippen molar-refractivity contribution in [3.63, 3.8) is 0 Å². The minimum absolute atomic E-state index is 0.543. The van der Waals surface area contributed by atoms with E-state index in [4.69, 9.17) is 21.8 Å². The van der Waals surface area contributed by atoms with Crippen LogP contribution < -0.4 is 5.73 Å². The molecular weight excluding hydrogens is 268 g/mol. The maximum Gasteiger partial charge on any atom is 0.228 e. The van der Waals surface area contributed by atoms with E-state index in [-0.39, 0.29) is 0 Å². The van der Waals surface area contributed by atoms with Crippen molar-refractivity contribution in [1.82, 2.24) is 4.98 Å². The van der Waals surface area contributed by atoms with Gasteiger partial charge in [-0.1, -0.05) is 11.6 Å². The molecule has 1 aromatic heterocycles. The third-order valence-electron chi connectivity index (χ3n) is 2.66. The van der Waals surface area contributed by atoms with Gasteiger partial charge in [-0.15, -0.1) is 0 Å². The molecule has 2 rings (SSSR count). The van der Waals surface area contributed by atoms with Gasteiger partial charge in [0.1, 0.15) is 5.76 Å². The third kappa shape index (κ3) is 2.82. The van der Waals surface area contributed by atoms with Crippen molar-refractivity contribution in [2.45, 2.75) is 13.3 Å². The van der Waals surface area contributed by atoms with Gasteiger partial charge in [-0.05, 0) is 37.1 Å². The van der Waals surface area contributed by atoms with Gasteiger partial charge in [0.2, 0.25) is 5.89 Å². The fraction of sp³-hybridized carbons (Fsp3) is 0.308.